The molecular weight excluding hydrogens is 357 g/mol. The fourth-order valence-corrected chi connectivity index (χ4v) is 4.58. The molecule has 0 bridgehead atoms. The maximum Gasteiger partial charge on any atom is 0.325 e. The molecular formula is C18H16FN3O3S. The Balaban J connectivity index is 1.54. The third-order valence-electron chi connectivity index (χ3n) is 4.79. The number of carbonyl (C=O) groups excluding carboxylic acids is 3. The molecule has 134 valence electrons. The minimum absolute atomic E-state index is 0.0112. The van der Waals surface area contributed by atoms with Gasteiger partial charge in [-0.1, -0.05) is 12.1 Å². The average molecular weight is 373 g/mol. The number of hydrogen-bond acceptors (Lipinski definition) is 4. The lowest BCUT2D eigenvalue weighted by atomic mass is 9.80. The first-order valence-corrected chi connectivity index (χ1v) is 9.14. The molecule has 1 atom stereocenters. The van der Waals surface area contributed by atoms with Gasteiger partial charge >= 0.3 is 6.03 Å². The molecule has 4 rings (SSSR count). The molecule has 1 spiro atoms. The second-order valence-corrected chi connectivity index (χ2v) is 7.37. The number of hydrogen-bond donors (Lipinski definition) is 2. The van der Waals surface area contributed by atoms with Crippen molar-refractivity contribution in [2.24, 2.45) is 0 Å². The van der Waals surface area contributed by atoms with E-state index in [1.807, 2.05) is 11.4 Å². The SMILES string of the molecule is O=C(CN1C(=O)N[C@@]2(CCCc3sccc32)C1=O)Nc1ccccc1F. The van der Waals surface area contributed by atoms with Crippen LogP contribution in [0.15, 0.2) is 35.7 Å². The second-order valence-electron chi connectivity index (χ2n) is 6.37. The summed E-state index contributed by atoms with van der Waals surface area (Å²) in [4.78, 5) is 39.6. The molecule has 0 radical (unpaired) electrons. The van der Waals surface area contributed by atoms with Gasteiger partial charge in [0.25, 0.3) is 5.91 Å². The zero-order valence-electron chi connectivity index (χ0n) is 13.8. The highest BCUT2D eigenvalue weighted by Crippen LogP contribution is 2.42. The van der Waals surface area contributed by atoms with Gasteiger partial charge in [-0.2, -0.15) is 0 Å². The van der Waals surface area contributed by atoms with E-state index >= 15 is 0 Å². The van der Waals surface area contributed by atoms with Crippen LogP contribution in [0.5, 0.6) is 0 Å². The van der Waals surface area contributed by atoms with Crippen molar-refractivity contribution in [3.05, 3.63) is 52.0 Å². The topological polar surface area (TPSA) is 78.5 Å². The number of nitrogens with zero attached hydrogens (tertiary/aromatic N) is 1. The Kier molecular flexibility index (Phi) is 3.99. The molecule has 0 unspecified atom stereocenters. The van der Waals surface area contributed by atoms with Gasteiger partial charge in [0, 0.05) is 10.4 Å². The molecule has 1 saturated heterocycles. The quantitative estimate of drug-likeness (QED) is 0.812. The van der Waals surface area contributed by atoms with Gasteiger partial charge in [0.05, 0.1) is 5.69 Å². The molecule has 2 aliphatic rings. The van der Waals surface area contributed by atoms with Gasteiger partial charge in [-0.3, -0.25) is 14.5 Å². The van der Waals surface area contributed by atoms with Gasteiger partial charge in [0.15, 0.2) is 0 Å². The Morgan fingerprint density at radius 3 is 2.92 bits per heavy atom. The summed E-state index contributed by atoms with van der Waals surface area (Å²) in [6.45, 7) is -0.458. The largest absolute Gasteiger partial charge is 0.325 e. The molecule has 4 amide bonds. The molecule has 1 aliphatic heterocycles. The highest BCUT2D eigenvalue weighted by atomic mass is 32.1. The molecule has 2 N–H and O–H groups in total. The summed E-state index contributed by atoms with van der Waals surface area (Å²) in [5, 5.41) is 7.09. The number of imide groups is 1. The van der Waals surface area contributed by atoms with Crippen molar-refractivity contribution in [1.82, 2.24) is 10.2 Å². The summed E-state index contributed by atoms with van der Waals surface area (Å²) >= 11 is 1.56. The highest BCUT2D eigenvalue weighted by Gasteiger charge is 2.54. The number of rotatable bonds is 3. The van der Waals surface area contributed by atoms with Crippen molar-refractivity contribution in [1.29, 1.82) is 0 Å². The van der Waals surface area contributed by atoms with Gasteiger partial charge in [-0.25, -0.2) is 9.18 Å². The van der Waals surface area contributed by atoms with Crippen LogP contribution < -0.4 is 10.6 Å². The second kappa shape index (κ2) is 6.21. The van der Waals surface area contributed by atoms with Crippen LogP contribution in [0, 0.1) is 5.82 Å². The zero-order valence-corrected chi connectivity index (χ0v) is 14.6. The first-order chi connectivity index (χ1) is 12.5. The average Bonchev–Trinajstić information content (AvgIpc) is 3.18. The van der Waals surface area contributed by atoms with E-state index in [1.54, 1.807) is 17.4 Å². The normalized spacial score (nSPS) is 21.7. The van der Waals surface area contributed by atoms with E-state index in [9.17, 15) is 18.8 Å². The third kappa shape index (κ3) is 2.57. The number of carbonyl (C=O) groups is 3. The van der Waals surface area contributed by atoms with E-state index in [1.165, 1.54) is 18.2 Å². The summed E-state index contributed by atoms with van der Waals surface area (Å²) < 4.78 is 13.7. The monoisotopic (exact) mass is 373 g/mol. The fourth-order valence-electron chi connectivity index (χ4n) is 3.58. The molecule has 1 aromatic heterocycles. The fraction of sp³-hybridized carbons (Fsp3) is 0.278. The molecule has 1 aromatic carbocycles. The predicted octanol–water partition coefficient (Wildman–Crippen LogP) is 2.61. The van der Waals surface area contributed by atoms with Crippen LogP contribution in [0.25, 0.3) is 0 Å². The van der Waals surface area contributed by atoms with E-state index < -0.39 is 35.7 Å². The van der Waals surface area contributed by atoms with Crippen LogP contribution in [0.2, 0.25) is 0 Å². The van der Waals surface area contributed by atoms with E-state index in [0.717, 1.165) is 28.2 Å². The van der Waals surface area contributed by atoms with Gasteiger partial charge in [-0.05, 0) is 42.8 Å². The number of para-hydroxylation sites is 1. The molecule has 1 aliphatic carbocycles. The molecule has 6 nitrogen and oxygen atoms in total. The smallest absolute Gasteiger partial charge is 0.322 e. The summed E-state index contributed by atoms with van der Waals surface area (Å²) in [7, 11) is 0. The highest BCUT2D eigenvalue weighted by molar-refractivity contribution is 7.10. The lowest BCUT2D eigenvalue weighted by Crippen LogP contribution is -2.46. The molecule has 2 aromatic rings. The van der Waals surface area contributed by atoms with Crippen molar-refractivity contribution in [2.75, 3.05) is 11.9 Å². The van der Waals surface area contributed by atoms with Gasteiger partial charge < -0.3 is 10.6 Å². The number of benzene rings is 1. The Bertz CT molecular complexity index is 913. The van der Waals surface area contributed by atoms with E-state index in [4.69, 9.17) is 0 Å². The molecule has 0 saturated carbocycles. The Morgan fingerprint density at radius 2 is 2.12 bits per heavy atom. The van der Waals surface area contributed by atoms with Crippen LogP contribution in [0.4, 0.5) is 14.9 Å². The number of nitrogens with one attached hydrogen (secondary N) is 2. The van der Waals surface area contributed by atoms with Crippen LogP contribution >= 0.6 is 11.3 Å². The lowest BCUT2D eigenvalue weighted by Gasteiger charge is -2.31. The number of urea groups is 1. The van der Waals surface area contributed by atoms with E-state index in [-0.39, 0.29) is 5.69 Å². The zero-order chi connectivity index (χ0) is 18.3. The van der Waals surface area contributed by atoms with Crippen molar-refractivity contribution >= 4 is 34.9 Å². The molecule has 2 heterocycles. The number of anilines is 1. The maximum atomic E-state index is 13.7. The van der Waals surface area contributed by atoms with Crippen molar-refractivity contribution in [3.63, 3.8) is 0 Å². The summed E-state index contributed by atoms with van der Waals surface area (Å²) in [5.74, 6) is -1.63. The predicted molar refractivity (Wildman–Crippen MR) is 94.2 cm³/mol. The first-order valence-electron chi connectivity index (χ1n) is 8.26. The van der Waals surface area contributed by atoms with Gasteiger partial charge in [0.2, 0.25) is 5.91 Å². The lowest BCUT2D eigenvalue weighted by molar-refractivity contribution is -0.134. The van der Waals surface area contributed by atoms with E-state index in [2.05, 4.69) is 10.6 Å². The molecule has 8 heteroatoms. The Labute approximate surface area is 153 Å². The first kappa shape index (κ1) is 16.7. The van der Waals surface area contributed by atoms with Gasteiger partial charge in [-0.15, -0.1) is 11.3 Å². The maximum absolute atomic E-state index is 13.7. The minimum atomic E-state index is -1.08. The number of aryl methyl sites for hydroxylation is 1. The summed E-state index contributed by atoms with van der Waals surface area (Å²) in [6, 6.07) is 6.99. The standard InChI is InChI=1S/C18H16FN3O3S/c19-12-4-1-2-5-13(12)20-15(23)10-22-16(24)18(21-17(22)25)8-3-6-14-11(18)7-9-26-14/h1-2,4-5,7,9H,3,6,8,10H2,(H,20,23)(H,21,25)/t18-/m1/s1. The Morgan fingerprint density at radius 1 is 1.31 bits per heavy atom. The summed E-state index contributed by atoms with van der Waals surface area (Å²) in [6.07, 6.45) is 2.17. The number of amides is 4. The summed E-state index contributed by atoms with van der Waals surface area (Å²) in [5.41, 5.74) is -0.246. The number of halogens is 1. The van der Waals surface area contributed by atoms with Crippen molar-refractivity contribution < 1.29 is 18.8 Å². The molecule has 26 heavy (non-hydrogen) atoms. The van der Waals surface area contributed by atoms with Crippen LogP contribution in [0.3, 0.4) is 0 Å². The number of fused-ring (bicyclic) bond motifs is 2. The third-order valence-corrected chi connectivity index (χ3v) is 5.77. The molecule has 1 fully saturated rings. The van der Waals surface area contributed by atoms with E-state index in [0.29, 0.717) is 6.42 Å². The van der Waals surface area contributed by atoms with Gasteiger partial charge in [0.1, 0.15) is 17.9 Å². The van der Waals surface area contributed by atoms with Crippen LogP contribution in [-0.2, 0) is 21.5 Å². The number of thiophene rings is 1. The van der Waals surface area contributed by atoms with Crippen LogP contribution in [0.1, 0.15) is 23.3 Å². The van der Waals surface area contributed by atoms with Crippen LogP contribution in [-0.4, -0.2) is 29.3 Å². The van der Waals surface area contributed by atoms with Crippen molar-refractivity contribution in [3.8, 4) is 0 Å². The minimum Gasteiger partial charge on any atom is -0.322 e. The van der Waals surface area contributed by atoms with Crippen molar-refractivity contribution in [2.45, 2.75) is 24.8 Å². The Hall–Kier alpha value is -2.74.